The van der Waals surface area contributed by atoms with E-state index >= 15 is 0 Å². The molecular weight excluding hydrogens is 406 g/mol. The van der Waals surface area contributed by atoms with Crippen LogP contribution in [0.2, 0.25) is 0 Å². The number of carbonyl (C=O) groups is 1. The van der Waals surface area contributed by atoms with Crippen molar-refractivity contribution < 1.29 is 13.2 Å². The first-order valence-electron chi connectivity index (χ1n) is 7.04. The largest absolute Gasteiger partial charge is 0.353 e. The van der Waals surface area contributed by atoms with Gasteiger partial charge in [-0.25, -0.2) is 12.7 Å². The molecule has 1 atom stereocenters. The lowest BCUT2D eigenvalue weighted by Crippen LogP contribution is -2.50. The van der Waals surface area contributed by atoms with Crippen molar-refractivity contribution in [1.29, 1.82) is 0 Å². The van der Waals surface area contributed by atoms with Gasteiger partial charge in [0.1, 0.15) is 5.54 Å². The van der Waals surface area contributed by atoms with Gasteiger partial charge in [-0.15, -0.1) is 12.4 Å². The molecule has 1 aromatic carbocycles. The first-order valence-corrected chi connectivity index (χ1v) is 9.45. The maximum atomic E-state index is 12.3. The van der Waals surface area contributed by atoms with Crippen LogP contribution >= 0.6 is 28.3 Å². The van der Waals surface area contributed by atoms with Crippen LogP contribution in [-0.4, -0.2) is 44.0 Å². The standard InChI is InChI=1S/C14H20BrN3O3S.ClH/c1-14(16,11-3-5-12(15)6-4-11)13(19)17-7-9-18-8-2-10-22(18,20)21;/h3-6H,2,7-10,16H2,1H3,(H,17,19);1H. The molecule has 3 N–H and O–H groups in total. The molecule has 1 aliphatic rings. The lowest BCUT2D eigenvalue weighted by atomic mass is 9.92. The smallest absolute Gasteiger partial charge is 0.244 e. The zero-order chi connectivity index (χ0) is 16.4. The van der Waals surface area contributed by atoms with Crippen molar-refractivity contribution in [2.24, 2.45) is 5.73 Å². The fraction of sp³-hybridized carbons (Fsp3) is 0.500. The third kappa shape index (κ3) is 4.90. The summed E-state index contributed by atoms with van der Waals surface area (Å²) in [4.78, 5) is 12.3. The number of carbonyl (C=O) groups excluding carboxylic acids is 1. The van der Waals surface area contributed by atoms with Crippen LogP contribution in [0.1, 0.15) is 18.9 Å². The number of halogens is 2. The van der Waals surface area contributed by atoms with E-state index < -0.39 is 15.6 Å². The first kappa shape index (κ1) is 20.4. The lowest BCUT2D eigenvalue weighted by molar-refractivity contribution is -0.126. The predicted molar refractivity (Wildman–Crippen MR) is 95.9 cm³/mol. The third-order valence-corrected chi connectivity index (χ3v) is 6.25. The Morgan fingerprint density at radius 3 is 2.52 bits per heavy atom. The van der Waals surface area contributed by atoms with Gasteiger partial charge in [0.15, 0.2) is 0 Å². The van der Waals surface area contributed by atoms with E-state index in [-0.39, 0.29) is 37.2 Å². The van der Waals surface area contributed by atoms with Gasteiger partial charge in [-0.3, -0.25) is 4.79 Å². The molecule has 1 aromatic rings. The second-order valence-electron chi connectivity index (χ2n) is 5.53. The van der Waals surface area contributed by atoms with Gasteiger partial charge < -0.3 is 11.1 Å². The van der Waals surface area contributed by atoms with Crippen LogP contribution in [-0.2, 0) is 20.4 Å². The van der Waals surface area contributed by atoms with Gasteiger partial charge >= 0.3 is 0 Å². The molecule has 130 valence electrons. The van der Waals surface area contributed by atoms with Crippen molar-refractivity contribution in [3.63, 3.8) is 0 Å². The molecule has 9 heteroatoms. The van der Waals surface area contributed by atoms with Gasteiger partial charge in [0.25, 0.3) is 0 Å². The Labute approximate surface area is 151 Å². The Bertz CT molecular complexity index is 650. The van der Waals surface area contributed by atoms with Crippen molar-refractivity contribution in [3.8, 4) is 0 Å². The average molecular weight is 427 g/mol. The van der Waals surface area contributed by atoms with Crippen LogP contribution in [0.5, 0.6) is 0 Å². The fourth-order valence-corrected chi connectivity index (χ4v) is 4.14. The van der Waals surface area contributed by atoms with Crippen LogP contribution in [0.25, 0.3) is 0 Å². The second kappa shape index (κ2) is 7.94. The molecule has 2 rings (SSSR count). The monoisotopic (exact) mass is 425 g/mol. The molecule has 1 amide bonds. The molecule has 6 nitrogen and oxygen atoms in total. The summed E-state index contributed by atoms with van der Waals surface area (Å²) in [5.74, 6) is -0.138. The molecule has 1 unspecified atom stereocenters. The van der Waals surface area contributed by atoms with Crippen LogP contribution in [0.3, 0.4) is 0 Å². The van der Waals surface area contributed by atoms with E-state index in [9.17, 15) is 13.2 Å². The minimum atomic E-state index is -3.13. The van der Waals surface area contributed by atoms with E-state index in [4.69, 9.17) is 5.73 Å². The van der Waals surface area contributed by atoms with E-state index in [0.29, 0.717) is 18.5 Å². The van der Waals surface area contributed by atoms with E-state index in [2.05, 4.69) is 21.2 Å². The summed E-state index contributed by atoms with van der Waals surface area (Å²) in [6, 6.07) is 7.22. The number of rotatable bonds is 5. The minimum Gasteiger partial charge on any atom is -0.353 e. The normalized spacial score (nSPS) is 19.6. The van der Waals surface area contributed by atoms with Gasteiger partial charge in [-0.2, -0.15) is 0 Å². The molecule has 1 saturated heterocycles. The highest BCUT2D eigenvalue weighted by molar-refractivity contribution is 9.10. The summed E-state index contributed by atoms with van der Waals surface area (Å²) in [5.41, 5.74) is 5.65. The molecule has 0 aliphatic carbocycles. The van der Waals surface area contributed by atoms with Crippen molar-refractivity contribution in [3.05, 3.63) is 34.3 Å². The Hall–Kier alpha value is -0.670. The Morgan fingerprint density at radius 2 is 2.00 bits per heavy atom. The number of nitrogens with one attached hydrogen (secondary N) is 1. The van der Waals surface area contributed by atoms with Gasteiger partial charge in [0.05, 0.1) is 5.75 Å². The average Bonchev–Trinajstić information content (AvgIpc) is 2.78. The van der Waals surface area contributed by atoms with Gasteiger partial charge in [0.2, 0.25) is 15.9 Å². The zero-order valence-corrected chi connectivity index (χ0v) is 16.0. The Balaban J connectivity index is 0.00000264. The maximum absolute atomic E-state index is 12.3. The minimum absolute atomic E-state index is 0. The lowest BCUT2D eigenvalue weighted by Gasteiger charge is -2.25. The van der Waals surface area contributed by atoms with Gasteiger partial charge in [-0.1, -0.05) is 28.1 Å². The fourth-order valence-electron chi connectivity index (χ4n) is 2.35. The Kier molecular flexibility index (Phi) is 7.03. The second-order valence-corrected chi connectivity index (χ2v) is 8.54. The van der Waals surface area contributed by atoms with Gasteiger partial charge in [0, 0.05) is 24.1 Å². The molecule has 1 fully saturated rings. The summed E-state index contributed by atoms with van der Waals surface area (Å²) in [7, 11) is -3.13. The van der Waals surface area contributed by atoms with E-state index in [1.165, 1.54) is 4.31 Å². The quantitative estimate of drug-likeness (QED) is 0.740. The SMILES string of the molecule is CC(N)(C(=O)NCCN1CCCS1(=O)=O)c1ccc(Br)cc1.Cl. The highest BCUT2D eigenvalue weighted by Gasteiger charge is 2.31. The van der Waals surface area contributed by atoms with Crippen LogP contribution < -0.4 is 11.1 Å². The van der Waals surface area contributed by atoms with Crippen LogP contribution in [0.4, 0.5) is 0 Å². The van der Waals surface area contributed by atoms with Crippen molar-refractivity contribution in [1.82, 2.24) is 9.62 Å². The van der Waals surface area contributed by atoms with Gasteiger partial charge in [-0.05, 0) is 31.0 Å². The summed E-state index contributed by atoms with van der Waals surface area (Å²) in [6.07, 6.45) is 0.643. The number of benzene rings is 1. The number of hydrogen-bond acceptors (Lipinski definition) is 4. The number of amides is 1. The predicted octanol–water partition coefficient (Wildman–Crippen LogP) is 1.20. The first-order chi connectivity index (χ1) is 10.2. The molecule has 0 bridgehead atoms. The zero-order valence-electron chi connectivity index (χ0n) is 12.8. The molecule has 0 radical (unpaired) electrons. The number of nitrogens with two attached hydrogens (primary N) is 1. The molecular formula is C14H21BrClN3O3S. The van der Waals surface area contributed by atoms with E-state index in [1.54, 1.807) is 19.1 Å². The molecule has 23 heavy (non-hydrogen) atoms. The summed E-state index contributed by atoms with van der Waals surface area (Å²) in [5, 5.41) is 2.72. The topological polar surface area (TPSA) is 92.5 Å². The number of nitrogens with zero attached hydrogens (tertiary/aromatic N) is 1. The number of hydrogen-bond donors (Lipinski definition) is 2. The summed E-state index contributed by atoms with van der Waals surface area (Å²) in [6.45, 7) is 2.69. The highest BCUT2D eigenvalue weighted by Crippen LogP contribution is 2.20. The molecule has 0 spiro atoms. The number of sulfonamides is 1. The Morgan fingerprint density at radius 1 is 1.39 bits per heavy atom. The highest BCUT2D eigenvalue weighted by atomic mass is 79.9. The third-order valence-electron chi connectivity index (χ3n) is 3.77. The van der Waals surface area contributed by atoms with Crippen molar-refractivity contribution in [2.75, 3.05) is 25.4 Å². The van der Waals surface area contributed by atoms with E-state index in [1.807, 2.05) is 12.1 Å². The summed E-state index contributed by atoms with van der Waals surface area (Å²) < 4.78 is 25.7. The molecule has 1 aliphatic heterocycles. The summed E-state index contributed by atoms with van der Waals surface area (Å²) >= 11 is 3.34. The van der Waals surface area contributed by atoms with Crippen LogP contribution in [0.15, 0.2) is 28.7 Å². The maximum Gasteiger partial charge on any atom is 0.244 e. The van der Waals surface area contributed by atoms with Crippen LogP contribution in [0, 0.1) is 0 Å². The molecule has 0 saturated carbocycles. The van der Waals surface area contributed by atoms with E-state index in [0.717, 1.165) is 4.47 Å². The van der Waals surface area contributed by atoms with Crippen molar-refractivity contribution >= 4 is 44.3 Å². The molecule has 1 heterocycles. The van der Waals surface area contributed by atoms with Crippen molar-refractivity contribution in [2.45, 2.75) is 18.9 Å². The molecule has 0 aromatic heterocycles.